The van der Waals surface area contributed by atoms with Crippen molar-refractivity contribution in [3.63, 3.8) is 0 Å². The molecule has 1 heterocycles. The predicted molar refractivity (Wildman–Crippen MR) is 69.3 cm³/mol. The number of nitrogens with zero attached hydrogens (tertiary/aromatic N) is 2. The van der Waals surface area contributed by atoms with E-state index in [4.69, 9.17) is 0 Å². The number of para-hydroxylation sites is 1. The molecule has 2 heteroatoms. The van der Waals surface area contributed by atoms with Crippen LogP contribution in [0.4, 0.5) is 0 Å². The molecule has 0 aliphatic rings. The van der Waals surface area contributed by atoms with Crippen LogP contribution < -0.4 is 0 Å². The maximum Gasteiger partial charge on any atom is 0.0844 e. The van der Waals surface area contributed by atoms with Crippen molar-refractivity contribution >= 4 is 16.6 Å². The summed E-state index contributed by atoms with van der Waals surface area (Å²) in [6, 6.07) is 10.5. The van der Waals surface area contributed by atoms with Gasteiger partial charge in [0.15, 0.2) is 0 Å². The average molecular weight is 212 g/mol. The van der Waals surface area contributed by atoms with Gasteiger partial charge in [-0.25, -0.2) is 4.98 Å². The van der Waals surface area contributed by atoms with Gasteiger partial charge in [0.1, 0.15) is 0 Å². The first-order valence-electron chi connectivity index (χ1n) is 5.58. The summed E-state index contributed by atoms with van der Waals surface area (Å²) >= 11 is 0. The van der Waals surface area contributed by atoms with E-state index < -0.39 is 0 Å². The maximum absolute atomic E-state index is 4.69. The minimum absolute atomic E-state index is 0.968. The van der Waals surface area contributed by atoms with Crippen LogP contribution in [0.2, 0.25) is 0 Å². The van der Waals surface area contributed by atoms with Gasteiger partial charge in [-0.05, 0) is 25.0 Å². The molecular formula is C14H16N2. The lowest BCUT2D eigenvalue weighted by Crippen LogP contribution is -1.99. The van der Waals surface area contributed by atoms with E-state index >= 15 is 0 Å². The molecule has 0 aliphatic heterocycles. The molecule has 0 N–H and O–H groups in total. The van der Waals surface area contributed by atoms with Gasteiger partial charge in [0, 0.05) is 12.4 Å². The van der Waals surface area contributed by atoms with E-state index in [-0.39, 0.29) is 0 Å². The number of aliphatic imine (C=N–C) groups is 1. The first kappa shape index (κ1) is 10.8. The number of pyridine rings is 1. The fraction of sp³-hybridized carbons (Fsp3) is 0.286. The van der Waals surface area contributed by atoms with Crippen molar-refractivity contribution in [2.75, 3.05) is 7.05 Å². The summed E-state index contributed by atoms with van der Waals surface area (Å²) in [5, 5.41) is 1.20. The van der Waals surface area contributed by atoms with E-state index in [0.717, 1.165) is 23.3 Å². The third-order valence-electron chi connectivity index (χ3n) is 2.89. The SMILES string of the molecule is CCc1cccc2ccc(/C(C)=N/C)nc12. The third kappa shape index (κ3) is 1.83. The minimum Gasteiger partial charge on any atom is -0.291 e. The van der Waals surface area contributed by atoms with E-state index in [1.165, 1.54) is 10.9 Å². The van der Waals surface area contributed by atoms with Gasteiger partial charge < -0.3 is 0 Å². The van der Waals surface area contributed by atoms with Crippen LogP contribution in [0.1, 0.15) is 25.1 Å². The molecule has 2 rings (SSSR count). The monoisotopic (exact) mass is 212 g/mol. The van der Waals surface area contributed by atoms with Gasteiger partial charge >= 0.3 is 0 Å². The second kappa shape index (κ2) is 4.44. The molecule has 2 aromatic rings. The molecule has 2 nitrogen and oxygen atoms in total. The molecule has 0 bridgehead atoms. The number of benzene rings is 1. The smallest absolute Gasteiger partial charge is 0.0844 e. The summed E-state index contributed by atoms with van der Waals surface area (Å²) in [7, 11) is 1.80. The number of hydrogen-bond acceptors (Lipinski definition) is 2. The molecule has 0 saturated carbocycles. The first-order valence-corrected chi connectivity index (χ1v) is 5.58. The zero-order chi connectivity index (χ0) is 11.5. The van der Waals surface area contributed by atoms with Gasteiger partial charge in [0.05, 0.1) is 16.9 Å². The van der Waals surface area contributed by atoms with E-state index in [2.05, 4.69) is 41.2 Å². The largest absolute Gasteiger partial charge is 0.291 e. The molecule has 1 aromatic heterocycles. The van der Waals surface area contributed by atoms with E-state index in [1.807, 2.05) is 13.0 Å². The van der Waals surface area contributed by atoms with Crippen molar-refractivity contribution in [1.82, 2.24) is 4.98 Å². The fourth-order valence-electron chi connectivity index (χ4n) is 1.81. The van der Waals surface area contributed by atoms with Crippen molar-refractivity contribution in [3.05, 3.63) is 41.6 Å². The summed E-state index contributed by atoms with van der Waals surface area (Å²) in [6.45, 7) is 4.15. The van der Waals surface area contributed by atoms with Gasteiger partial charge in [-0.15, -0.1) is 0 Å². The van der Waals surface area contributed by atoms with Gasteiger partial charge in [0.25, 0.3) is 0 Å². The van der Waals surface area contributed by atoms with Crippen LogP contribution in [-0.4, -0.2) is 17.7 Å². The minimum atomic E-state index is 0.968. The van der Waals surface area contributed by atoms with Gasteiger partial charge in [-0.1, -0.05) is 31.2 Å². The molecule has 1 aromatic carbocycles. The standard InChI is InChI=1S/C14H16N2/c1-4-11-6-5-7-12-8-9-13(10(2)15-3)16-14(11)12/h5-9H,4H2,1-3H3/b15-10+. The van der Waals surface area contributed by atoms with Gasteiger partial charge in [-0.2, -0.15) is 0 Å². The Morgan fingerprint density at radius 2 is 2.06 bits per heavy atom. The lowest BCUT2D eigenvalue weighted by atomic mass is 10.1. The summed E-state index contributed by atoms with van der Waals surface area (Å²) < 4.78 is 0. The Kier molecular flexibility index (Phi) is 3.00. The predicted octanol–water partition coefficient (Wildman–Crippen LogP) is 3.24. The third-order valence-corrected chi connectivity index (χ3v) is 2.89. The van der Waals surface area contributed by atoms with Crippen LogP contribution in [0.5, 0.6) is 0 Å². The summed E-state index contributed by atoms with van der Waals surface area (Å²) in [4.78, 5) is 8.86. The Labute approximate surface area is 96.1 Å². The molecule has 0 spiro atoms. The quantitative estimate of drug-likeness (QED) is 0.701. The van der Waals surface area contributed by atoms with Crippen molar-refractivity contribution in [3.8, 4) is 0 Å². The maximum atomic E-state index is 4.69. The summed E-state index contributed by atoms with van der Waals surface area (Å²) in [5.41, 5.74) is 4.34. The van der Waals surface area contributed by atoms with Crippen LogP contribution in [0, 0.1) is 0 Å². The topological polar surface area (TPSA) is 25.2 Å². The molecule has 0 atom stereocenters. The number of hydrogen-bond donors (Lipinski definition) is 0. The Hall–Kier alpha value is -1.70. The van der Waals surface area contributed by atoms with Crippen LogP contribution in [0.15, 0.2) is 35.3 Å². The zero-order valence-corrected chi connectivity index (χ0v) is 9.99. The molecule has 0 amide bonds. The van der Waals surface area contributed by atoms with Crippen LogP contribution in [0.25, 0.3) is 10.9 Å². The molecule has 0 unspecified atom stereocenters. The van der Waals surface area contributed by atoms with Crippen LogP contribution >= 0.6 is 0 Å². The Balaban J connectivity index is 2.68. The highest BCUT2D eigenvalue weighted by atomic mass is 14.8. The number of rotatable bonds is 2. The second-order valence-electron chi connectivity index (χ2n) is 3.85. The number of aromatic nitrogens is 1. The van der Waals surface area contributed by atoms with Crippen molar-refractivity contribution in [2.24, 2.45) is 4.99 Å². The molecule has 0 aliphatic carbocycles. The molecular weight excluding hydrogens is 196 g/mol. The molecule has 0 radical (unpaired) electrons. The Bertz CT molecular complexity index is 541. The molecule has 0 saturated heterocycles. The highest BCUT2D eigenvalue weighted by Crippen LogP contribution is 2.18. The van der Waals surface area contributed by atoms with E-state index in [1.54, 1.807) is 7.05 Å². The average Bonchev–Trinajstić information content (AvgIpc) is 2.36. The van der Waals surface area contributed by atoms with Crippen molar-refractivity contribution < 1.29 is 0 Å². The Morgan fingerprint density at radius 1 is 1.25 bits per heavy atom. The highest BCUT2D eigenvalue weighted by molar-refractivity contribution is 5.99. The van der Waals surface area contributed by atoms with Gasteiger partial charge in [0.2, 0.25) is 0 Å². The van der Waals surface area contributed by atoms with Crippen molar-refractivity contribution in [1.29, 1.82) is 0 Å². The lowest BCUT2D eigenvalue weighted by molar-refractivity contribution is 1.14. The van der Waals surface area contributed by atoms with Crippen molar-refractivity contribution in [2.45, 2.75) is 20.3 Å². The number of fused-ring (bicyclic) bond motifs is 1. The second-order valence-corrected chi connectivity index (χ2v) is 3.85. The van der Waals surface area contributed by atoms with Gasteiger partial charge in [-0.3, -0.25) is 4.99 Å². The summed E-state index contributed by atoms with van der Waals surface area (Å²) in [6.07, 6.45) is 1.01. The fourth-order valence-corrected chi connectivity index (χ4v) is 1.81. The molecule has 82 valence electrons. The van der Waals surface area contributed by atoms with Crippen LogP contribution in [0.3, 0.4) is 0 Å². The summed E-state index contributed by atoms with van der Waals surface area (Å²) in [5.74, 6) is 0. The molecule has 16 heavy (non-hydrogen) atoms. The Morgan fingerprint density at radius 3 is 2.75 bits per heavy atom. The molecule has 0 fully saturated rings. The van der Waals surface area contributed by atoms with E-state index in [0.29, 0.717) is 0 Å². The lowest BCUT2D eigenvalue weighted by Gasteiger charge is -2.05. The first-order chi connectivity index (χ1) is 7.76. The number of aryl methyl sites for hydroxylation is 1. The van der Waals surface area contributed by atoms with Crippen LogP contribution in [-0.2, 0) is 6.42 Å². The highest BCUT2D eigenvalue weighted by Gasteiger charge is 2.03. The zero-order valence-electron chi connectivity index (χ0n) is 9.99. The van der Waals surface area contributed by atoms with E-state index in [9.17, 15) is 0 Å². The normalized spacial score (nSPS) is 12.1.